The number of primary amides is 1. The van der Waals surface area contributed by atoms with E-state index in [0.717, 1.165) is 54.9 Å². The first-order valence-corrected chi connectivity index (χ1v) is 18.7. The van der Waals surface area contributed by atoms with Crippen molar-refractivity contribution in [3.05, 3.63) is 130 Å². The number of hydrogen-bond acceptors (Lipinski definition) is 6. The third kappa shape index (κ3) is 10.4. The number of carbonyl (C=O) groups is 3. The zero-order valence-electron chi connectivity index (χ0n) is 28.7. The average Bonchev–Trinajstić information content (AvgIpc) is 3.34. The van der Waals surface area contributed by atoms with E-state index in [4.69, 9.17) is 17.3 Å². The van der Waals surface area contributed by atoms with Gasteiger partial charge in [-0.3, -0.25) is 24.0 Å². The van der Waals surface area contributed by atoms with Crippen molar-refractivity contribution in [3.63, 3.8) is 0 Å². The summed E-state index contributed by atoms with van der Waals surface area (Å²) in [6.07, 6.45) is -0.584. The molecule has 10 nitrogen and oxygen atoms in total. The van der Waals surface area contributed by atoms with Crippen LogP contribution in [0.5, 0.6) is 0 Å². The third-order valence-electron chi connectivity index (χ3n) is 9.18. The van der Waals surface area contributed by atoms with Gasteiger partial charge in [0.15, 0.2) is 0 Å². The summed E-state index contributed by atoms with van der Waals surface area (Å²) in [5.41, 5.74) is 5.72. The van der Waals surface area contributed by atoms with Crippen LogP contribution in [0.3, 0.4) is 0 Å². The predicted octanol–water partition coefficient (Wildman–Crippen LogP) is 6.30. The minimum Gasteiger partial charge on any atom is -0.366 e. The van der Waals surface area contributed by atoms with Crippen LogP contribution in [0.1, 0.15) is 63.1 Å². The number of anilines is 1. The Hall–Kier alpha value is -4.92. The summed E-state index contributed by atoms with van der Waals surface area (Å²) in [5.74, 6) is -1.87. The van der Waals surface area contributed by atoms with Gasteiger partial charge in [0.1, 0.15) is 0 Å². The molecule has 5 N–H and O–H groups in total. The van der Waals surface area contributed by atoms with Crippen LogP contribution in [0.15, 0.2) is 102 Å². The summed E-state index contributed by atoms with van der Waals surface area (Å²) in [4.78, 5) is 38.9. The fraction of sp³-hybridized carbons (Fsp3) is 0.289. The first-order valence-electron chi connectivity index (χ1n) is 16.8. The fourth-order valence-corrected chi connectivity index (χ4v) is 7.83. The Balaban J connectivity index is 0.000000352. The van der Waals surface area contributed by atoms with Gasteiger partial charge in [0.05, 0.1) is 33.8 Å². The summed E-state index contributed by atoms with van der Waals surface area (Å²) >= 11 is 6.02. The van der Waals surface area contributed by atoms with Gasteiger partial charge < -0.3 is 16.4 Å². The number of para-hydroxylation sites is 1. The fourth-order valence-electron chi connectivity index (χ4n) is 6.62. The van der Waals surface area contributed by atoms with Gasteiger partial charge in [-0.2, -0.15) is 13.2 Å². The zero-order valence-corrected chi connectivity index (χ0v) is 30.3. The van der Waals surface area contributed by atoms with Gasteiger partial charge in [0.25, 0.3) is 15.9 Å². The van der Waals surface area contributed by atoms with E-state index in [2.05, 4.69) is 32.4 Å². The Bertz CT molecular complexity index is 2030. The average molecular weight is 770 g/mol. The van der Waals surface area contributed by atoms with E-state index >= 15 is 0 Å². The molecule has 0 radical (unpaired) electrons. The van der Waals surface area contributed by atoms with Gasteiger partial charge in [0.2, 0.25) is 11.8 Å². The van der Waals surface area contributed by atoms with Crippen LogP contribution in [0.4, 0.5) is 18.9 Å². The Kier molecular flexibility index (Phi) is 12.5. The van der Waals surface area contributed by atoms with Gasteiger partial charge in [-0.1, -0.05) is 65.7 Å². The molecule has 2 fully saturated rings. The van der Waals surface area contributed by atoms with Crippen LogP contribution >= 0.6 is 11.6 Å². The molecule has 0 aromatic heterocycles. The van der Waals surface area contributed by atoms with Crippen molar-refractivity contribution in [2.24, 2.45) is 5.73 Å². The molecule has 2 heterocycles. The molecule has 280 valence electrons. The normalized spacial score (nSPS) is 18.3. The topological polar surface area (TPSA) is 151 Å². The molecule has 2 aliphatic rings. The predicted molar refractivity (Wildman–Crippen MR) is 196 cm³/mol. The lowest BCUT2D eigenvalue weighted by atomic mass is 9.96. The molecule has 0 saturated carbocycles. The number of hydrogen-bond donors (Lipinski definition) is 4. The maximum atomic E-state index is 12.9. The molecule has 4 aromatic rings. The number of aryl methyl sites for hydroxylation is 1. The molecule has 6 rings (SSSR count). The molecule has 3 amide bonds. The third-order valence-corrected chi connectivity index (χ3v) is 10.8. The van der Waals surface area contributed by atoms with Crippen LogP contribution in [0.2, 0.25) is 5.02 Å². The van der Waals surface area contributed by atoms with Crippen molar-refractivity contribution in [1.29, 1.82) is 0 Å². The van der Waals surface area contributed by atoms with E-state index in [9.17, 15) is 36.0 Å². The monoisotopic (exact) mass is 769 g/mol. The Labute approximate surface area is 311 Å². The van der Waals surface area contributed by atoms with E-state index in [1.165, 1.54) is 42.0 Å². The van der Waals surface area contributed by atoms with Gasteiger partial charge >= 0.3 is 6.18 Å². The quantitative estimate of drug-likeness (QED) is 0.149. The molecule has 15 heteroatoms. The van der Waals surface area contributed by atoms with Gasteiger partial charge in [-0.25, -0.2) is 8.42 Å². The summed E-state index contributed by atoms with van der Waals surface area (Å²) in [6.45, 7) is 2.55. The number of nitrogens with one attached hydrogen (secondary N) is 3. The van der Waals surface area contributed by atoms with Crippen LogP contribution in [-0.2, 0) is 27.5 Å². The second-order valence-electron chi connectivity index (χ2n) is 13.0. The largest absolute Gasteiger partial charge is 0.417 e. The number of halogens is 4. The van der Waals surface area contributed by atoms with Crippen molar-refractivity contribution in [1.82, 2.24) is 15.5 Å². The summed E-state index contributed by atoms with van der Waals surface area (Å²) in [5, 5.41) is 6.46. The molecular weight excluding hydrogens is 731 g/mol. The summed E-state index contributed by atoms with van der Waals surface area (Å²) in [7, 11) is -3.89. The second-order valence-corrected chi connectivity index (χ2v) is 15.1. The molecule has 0 aliphatic carbocycles. The highest BCUT2D eigenvalue weighted by molar-refractivity contribution is 7.92. The summed E-state index contributed by atoms with van der Waals surface area (Å²) in [6, 6.07) is 26.0. The first-order chi connectivity index (χ1) is 25.1. The molecule has 1 unspecified atom stereocenters. The Morgan fingerprint density at radius 1 is 0.849 bits per heavy atom. The molecule has 2 bridgehead atoms. The molecular formula is C38H39ClF3N5O5S. The number of rotatable bonds is 10. The number of nitrogens with zero attached hydrogens (tertiary/aromatic N) is 1. The summed E-state index contributed by atoms with van der Waals surface area (Å²) < 4.78 is 64.8. The van der Waals surface area contributed by atoms with Crippen molar-refractivity contribution in [3.8, 4) is 0 Å². The highest BCUT2D eigenvalue weighted by atomic mass is 35.5. The van der Waals surface area contributed by atoms with Crippen LogP contribution in [0.25, 0.3) is 0 Å². The van der Waals surface area contributed by atoms with Crippen molar-refractivity contribution >= 4 is 45.0 Å². The Morgan fingerprint density at radius 3 is 2.02 bits per heavy atom. The van der Waals surface area contributed by atoms with Crippen molar-refractivity contribution in [2.75, 3.05) is 11.3 Å². The van der Waals surface area contributed by atoms with Crippen LogP contribution in [-0.4, -0.2) is 55.7 Å². The molecule has 4 aromatic carbocycles. The number of fused-ring (bicyclic) bond motifs is 2. The molecule has 2 aliphatic heterocycles. The number of carbonyl (C=O) groups excluding carboxylic acids is 3. The number of benzene rings is 4. The first kappa shape index (κ1) is 39.3. The molecule has 3 atom stereocenters. The smallest absolute Gasteiger partial charge is 0.366 e. The van der Waals surface area contributed by atoms with E-state index in [0.29, 0.717) is 12.1 Å². The molecule has 53 heavy (non-hydrogen) atoms. The maximum Gasteiger partial charge on any atom is 0.417 e. The van der Waals surface area contributed by atoms with Crippen LogP contribution in [0, 0.1) is 6.92 Å². The SMILES string of the molecule is Cc1ccc(S(=O)(=O)Nc2ccccc2C(=O)NCC(=O)NC2C[C@H]3CC[C@@H](C2)N3Cc2ccc(Cl)cc2)cc1.NC(=O)c1ccccc1C(F)(F)F. The van der Waals surface area contributed by atoms with Gasteiger partial charge in [-0.15, -0.1) is 0 Å². The van der Waals surface area contributed by atoms with E-state index in [1.54, 1.807) is 24.3 Å². The number of piperidine rings is 1. The number of alkyl halides is 3. The van der Waals surface area contributed by atoms with Crippen molar-refractivity contribution < 1.29 is 36.0 Å². The number of sulfonamides is 1. The maximum absolute atomic E-state index is 12.9. The number of nitrogens with two attached hydrogens (primary N) is 1. The minimum atomic E-state index is -4.54. The van der Waals surface area contributed by atoms with Crippen LogP contribution < -0.4 is 21.1 Å². The molecule has 2 saturated heterocycles. The lowest BCUT2D eigenvalue weighted by Crippen LogP contribution is -2.51. The zero-order chi connectivity index (χ0) is 38.3. The Morgan fingerprint density at radius 2 is 1.43 bits per heavy atom. The standard InChI is InChI=1S/C30H33ClN4O4S.C8H6F3NO/c1-20-6-14-26(15-7-20)40(38,39)34-28-5-3-2-4-27(28)30(37)32-18-29(36)33-23-16-24-12-13-25(17-23)35(24)19-21-8-10-22(31)11-9-21;9-8(10,11)6-4-2-1-3-5(6)7(12)13/h2-11,14-15,23-25,34H,12-13,16-19H2,1H3,(H,32,37)(H,33,36);1-4H,(H2,12,13)/t23?,24-,25+;. The van der Waals surface area contributed by atoms with Crippen molar-refractivity contribution in [2.45, 2.75) is 68.3 Å². The van der Waals surface area contributed by atoms with E-state index < -0.39 is 39.1 Å². The van der Waals surface area contributed by atoms with E-state index in [-0.39, 0.29) is 34.6 Å². The highest BCUT2D eigenvalue weighted by Gasteiger charge is 2.41. The minimum absolute atomic E-state index is 0.0528. The number of amides is 3. The highest BCUT2D eigenvalue weighted by Crippen LogP contribution is 2.37. The lowest BCUT2D eigenvalue weighted by Gasteiger charge is -2.39. The van der Waals surface area contributed by atoms with Gasteiger partial charge in [0, 0.05) is 29.7 Å². The lowest BCUT2D eigenvalue weighted by molar-refractivity contribution is -0.138. The van der Waals surface area contributed by atoms with E-state index in [1.807, 2.05) is 19.1 Å². The van der Waals surface area contributed by atoms with Gasteiger partial charge in [-0.05, 0) is 86.7 Å². The molecule has 0 spiro atoms. The second kappa shape index (κ2) is 16.8.